The summed E-state index contributed by atoms with van der Waals surface area (Å²) in [7, 11) is 1.49. The van der Waals surface area contributed by atoms with Crippen LogP contribution in [0.4, 0.5) is 10.1 Å². The molecular formula is C24H20FN3O3. The lowest BCUT2D eigenvalue weighted by atomic mass is 10.1. The third-order valence-corrected chi connectivity index (χ3v) is 4.94. The Bertz CT molecular complexity index is 1330. The molecule has 7 heteroatoms. The van der Waals surface area contributed by atoms with Gasteiger partial charge in [0.15, 0.2) is 0 Å². The summed E-state index contributed by atoms with van der Waals surface area (Å²) in [5, 5.41) is 3.32. The number of para-hydroxylation sites is 1. The number of carbonyl (C=O) groups is 1. The number of hydrogen-bond donors (Lipinski definition) is 1. The van der Waals surface area contributed by atoms with Crippen LogP contribution in [0, 0.1) is 12.7 Å². The molecule has 0 unspecified atom stereocenters. The molecule has 1 heterocycles. The number of ether oxygens (including phenoxy) is 1. The molecule has 0 aliphatic rings. The molecule has 0 atom stereocenters. The number of fused-ring (bicyclic) bond motifs is 1. The van der Waals surface area contributed by atoms with E-state index in [0.717, 1.165) is 0 Å². The summed E-state index contributed by atoms with van der Waals surface area (Å²) in [6.45, 7) is 1.76. The van der Waals surface area contributed by atoms with Gasteiger partial charge >= 0.3 is 0 Å². The number of aromatic nitrogens is 2. The average Bonchev–Trinajstić information content (AvgIpc) is 2.76. The van der Waals surface area contributed by atoms with E-state index in [1.807, 2.05) is 6.07 Å². The van der Waals surface area contributed by atoms with E-state index in [4.69, 9.17) is 4.74 Å². The Labute approximate surface area is 177 Å². The van der Waals surface area contributed by atoms with E-state index in [-0.39, 0.29) is 23.7 Å². The third-order valence-electron chi connectivity index (χ3n) is 4.94. The molecule has 0 aliphatic heterocycles. The molecule has 0 saturated heterocycles. The minimum atomic E-state index is -0.352. The largest absolute Gasteiger partial charge is 0.494 e. The number of nitrogens with zero attached hydrogens (tertiary/aromatic N) is 2. The van der Waals surface area contributed by atoms with Crippen molar-refractivity contribution in [3.8, 4) is 11.4 Å². The zero-order valence-corrected chi connectivity index (χ0v) is 17.1. The Hall–Kier alpha value is -4.00. The van der Waals surface area contributed by atoms with Crippen LogP contribution in [0.5, 0.6) is 5.75 Å². The molecule has 3 aromatic carbocycles. The number of benzene rings is 3. The first-order valence-corrected chi connectivity index (χ1v) is 9.67. The molecule has 0 spiro atoms. The molecule has 0 saturated carbocycles. The lowest BCUT2D eigenvalue weighted by Crippen LogP contribution is -2.22. The van der Waals surface area contributed by atoms with Crippen molar-refractivity contribution in [2.75, 3.05) is 12.4 Å². The molecule has 0 aliphatic carbocycles. The van der Waals surface area contributed by atoms with Gasteiger partial charge in [-0.1, -0.05) is 24.3 Å². The Morgan fingerprint density at radius 1 is 1.10 bits per heavy atom. The highest BCUT2D eigenvalue weighted by Gasteiger charge is 2.14. The highest BCUT2D eigenvalue weighted by molar-refractivity contribution is 5.94. The van der Waals surface area contributed by atoms with E-state index in [2.05, 4.69) is 10.3 Å². The van der Waals surface area contributed by atoms with E-state index in [1.165, 1.54) is 23.8 Å². The van der Waals surface area contributed by atoms with Crippen LogP contribution >= 0.6 is 0 Å². The summed E-state index contributed by atoms with van der Waals surface area (Å²) >= 11 is 0. The van der Waals surface area contributed by atoms with Crippen LogP contribution in [-0.4, -0.2) is 22.6 Å². The first-order valence-electron chi connectivity index (χ1n) is 9.67. The Kier molecular flexibility index (Phi) is 5.49. The van der Waals surface area contributed by atoms with Gasteiger partial charge in [0, 0.05) is 6.07 Å². The fourth-order valence-corrected chi connectivity index (χ4v) is 3.45. The molecule has 0 radical (unpaired) electrons. The van der Waals surface area contributed by atoms with Gasteiger partial charge in [-0.3, -0.25) is 14.2 Å². The molecule has 4 aromatic rings. The van der Waals surface area contributed by atoms with Crippen molar-refractivity contribution in [3.05, 3.63) is 94.3 Å². The third kappa shape index (κ3) is 4.16. The molecule has 1 N–H and O–H groups in total. The van der Waals surface area contributed by atoms with Crippen molar-refractivity contribution in [2.45, 2.75) is 13.3 Å². The standard InChI is InChI=1S/C24H20FN3O3/c1-15-26-20-6-4-3-5-19(20)24(30)28(15)18-11-12-21(22(14-18)31-2)27-23(29)13-16-7-9-17(25)10-8-16/h3-12,14H,13H2,1-2H3,(H,27,29). The van der Waals surface area contributed by atoms with Gasteiger partial charge in [-0.25, -0.2) is 9.37 Å². The molecular weight excluding hydrogens is 397 g/mol. The zero-order chi connectivity index (χ0) is 22.0. The van der Waals surface area contributed by atoms with Crippen molar-refractivity contribution in [2.24, 2.45) is 0 Å². The predicted octanol–water partition coefficient (Wildman–Crippen LogP) is 4.02. The van der Waals surface area contributed by atoms with Crippen LogP contribution in [0.25, 0.3) is 16.6 Å². The number of methoxy groups -OCH3 is 1. The van der Waals surface area contributed by atoms with Gasteiger partial charge in [0.1, 0.15) is 17.4 Å². The molecule has 1 aromatic heterocycles. The topological polar surface area (TPSA) is 73.2 Å². The van der Waals surface area contributed by atoms with Gasteiger partial charge in [-0.2, -0.15) is 0 Å². The second-order valence-electron chi connectivity index (χ2n) is 7.05. The van der Waals surface area contributed by atoms with Crippen LogP contribution in [0.2, 0.25) is 0 Å². The lowest BCUT2D eigenvalue weighted by Gasteiger charge is -2.15. The van der Waals surface area contributed by atoms with E-state index in [1.54, 1.807) is 55.5 Å². The molecule has 0 bridgehead atoms. The maximum atomic E-state index is 13.0. The van der Waals surface area contributed by atoms with Crippen molar-refractivity contribution in [1.29, 1.82) is 0 Å². The minimum Gasteiger partial charge on any atom is -0.494 e. The average molecular weight is 417 g/mol. The summed E-state index contributed by atoms with van der Waals surface area (Å²) < 4.78 is 20.0. The van der Waals surface area contributed by atoms with Crippen LogP contribution in [0.1, 0.15) is 11.4 Å². The summed E-state index contributed by atoms with van der Waals surface area (Å²) in [5.41, 5.74) is 2.20. The molecule has 4 rings (SSSR count). The number of amides is 1. The van der Waals surface area contributed by atoms with Crippen molar-refractivity contribution < 1.29 is 13.9 Å². The van der Waals surface area contributed by atoms with Crippen molar-refractivity contribution >= 4 is 22.5 Å². The van der Waals surface area contributed by atoms with Gasteiger partial charge in [-0.05, 0) is 48.9 Å². The second-order valence-corrected chi connectivity index (χ2v) is 7.05. The fourth-order valence-electron chi connectivity index (χ4n) is 3.45. The SMILES string of the molecule is COc1cc(-n2c(C)nc3ccccc3c2=O)ccc1NC(=O)Cc1ccc(F)cc1. The van der Waals surface area contributed by atoms with Gasteiger partial charge in [0.05, 0.1) is 35.8 Å². The van der Waals surface area contributed by atoms with Crippen LogP contribution in [0.15, 0.2) is 71.5 Å². The first-order chi connectivity index (χ1) is 15.0. The molecule has 31 heavy (non-hydrogen) atoms. The normalized spacial score (nSPS) is 10.8. The number of aryl methyl sites for hydroxylation is 1. The number of rotatable bonds is 5. The minimum absolute atomic E-state index is 0.0956. The molecule has 1 amide bonds. The van der Waals surface area contributed by atoms with Gasteiger partial charge in [-0.15, -0.1) is 0 Å². The Balaban J connectivity index is 1.64. The fraction of sp³-hybridized carbons (Fsp3) is 0.125. The predicted molar refractivity (Wildman–Crippen MR) is 117 cm³/mol. The van der Waals surface area contributed by atoms with Gasteiger partial charge in [0.2, 0.25) is 5.91 Å². The maximum absolute atomic E-state index is 13.0. The quantitative estimate of drug-likeness (QED) is 0.532. The Morgan fingerprint density at radius 2 is 1.84 bits per heavy atom. The van der Waals surface area contributed by atoms with Gasteiger partial charge < -0.3 is 10.1 Å². The molecule has 156 valence electrons. The summed E-state index contributed by atoms with van der Waals surface area (Å²) in [4.78, 5) is 30.0. The number of anilines is 1. The maximum Gasteiger partial charge on any atom is 0.265 e. The number of hydrogen-bond acceptors (Lipinski definition) is 4. The van der Waals surface area contributed by atoms with E-state index in [0.29, 0.717) is 39.4 Å². The number of nitrogens with one attached hydrogen (secondary N) is 1. The Morgan fingerprint density at radius 3 is 2.58 bits per heavy atom. The number of halogens is 1. The monoisotopic (exact) mass is 417 g/mol. The molecule has 0 fully saturated rings. The zero-order valence-electron chi connectivity index (χ0n) is 17.1. The van der Waals surface area contributed by atoms with E-state index >= 15 is 0 Å². The lowest BCUT2D eigenvalue weighted by molar-refractivity contribution is -0.115. The highest BCUT2D eigenvalue weighted by Crippen LogP contribution is 2.27. The number of carbonyl (C=O) groups excluding carboxylic acids is 1. The first kappa shape index (κ1) is 20.3. The summed E-state index contributed by atoms with van der Waals surface area (Å²) in [5.74, 6) is 0.330. The molecule has 6 nitrogen and oxygen atoms in total. The van der Waals surface area contributed by atoms with Gasteiger partial charge in [0.25, 0.3) is 5.56 Å². The second kappa shape index (κ2) is 8.39. The summed E-state index contributed by atoms with van der Waals surface area (Å²) in [6, 6.07) is 18.0. The van der Waals surface area contributed by atoms with E-state index in [9.17, 15) is 14.0 Å². The van der Waals surface area contributed by atoms with Crippen molar-refractivity contribution in [1.82, 2.24) is 9.55 Å². The van der Waals surface area contributed by atoms with Crippen LogP contribution in [0.3, 0.4) is 0 Å². The van der Waals surface area contributed by atoms with E-state index < -0.39 is 0 Å². The summed E-state index contributed by atoms with van der Waals surface area (Å²) in [6.07, 6.45) is 0.0956. The van der Waals surface area contributed by atoms with Crippen LogP contribution in [-0.2, 0) is 11.2 Å². The van der Waals surface area contributed by atoms with Crippen LogP contribution < -0.4 is 15.6 Å². The smallest absolute Gasteiger partial charge is 0.265 e. The highest BCUT2D eigenvalue weighted by atomic mass is 19.1. The van der Waals surface area contributed by atoms with Crippen molar-refractivity contribution in [3.63, 3.8) is 0 Å².